The zero-order valence-corrected chi connectivity index (χ0v) is 13.3. The molecule has 0 unspecified atom stereocenters. The zero-order chi connectivity index (χ0) is 13.9. The molecule has 5 heteroatoms. The topological polar surface area (TPSA) is 41.1 Å². The highest BCUT2D eigenvalue weighted by Gasteiger charge is 2.37. The average Bonchev–Trinajstić information content (AvgIpc) is 2.43. The summed E-state index contributed by atoms with van der Waals surface area (Å²) >= 11 is 9.41. The number of hydrogen-bond donors (Lipinski definition) is 2. The summed E-state index contributed by atoms with van der Waals surface area (Å²) in [4.78, 5) is 12.6. The van der Waals surface area contributed by atoms with Crippen LogP contribution in [0, 0.1) is 5.41 Å². The highest BCUT2D eigenvalue weighted by molar-refractivity contribution is 9.10. The van der Waals surface area contributed by atoms with Gasteiger partial charge in [-0.2, -0.15) is 0 Å². The van der Waals surface area contributed by atoms with Crippen LogP contribution in [0.5, 0.6) is 0 Å². The van der Waals surface area contributed by atoms with Crippen molar-refractivity contribution in [3.8, 4) is 0 Å². The van der Waals surface area contributed by atoms with E-state index in [-0.39, 0.29) is 11.3 Å². The van der Waals surface area contributed by atoms with Crippen molar-refractivity contribution in [3.05, 3.63) is 27.7 Å². The van der Waals surface area contributed by atoms with Crippen molar-refractivity contribution in [1.82, 2.24) is 5.32 Å². The Labute approximate surface area is 127 Å². The lowest BCUT2D eigenvalue weighted by molar-refractivity contribution is -0.127. The third kappa shape index (κ3) is 3.30. The maximum Gasteiger partial charge on any atom is 0.230 e. The molecule has 1 fully saturated rings. The van der Waals surface area contributed by atoms with Crippen molar-refractivity contribution < 1.29 is 4.79 Å². The van der Waals surface area contributed by atoms with E-state index in [1.807, 2.05) is 6.07 Å². The number of benzene rings is 1. The van der Waals surface area contributed by atoms with Gasteiger partial charge in [-0.1, -0.05) is 18.5 Å². The fourth-order valence-corrected chi connectivity index (χ4v) is 3.01. The maximum atomic E-state index is 12.6. The van der Waals surface area contributed by atoms with E-state index in [1.54, 1.807) is 12.1 Å². The molecular weight excluding hydrogens is 328 g/mol. The Bertz CT molecular complexity index is 473. The third-order valence-corrected chi connectivity index (χ3v) is 4.82. The molecular formula is C14H18BrClN2O. The van der Waals surface area contributed by atoms with Crippen LogP contribution >= 0.6 is 27.5 Å². The van der Waals surface area contributed by atoms with Gasteiger partial charge < -0.3 is 10.6 Å². The molecule has 19 heavy (non-hydrogen) atoms. The average molecular weight is 346 g/mol. The van der Waals surface area contributed by atoms with Gasteiger partial charge in [0.25, 0.3) is 0 Å². The molecule has 0 spiro atoms. The smallest absolute Gasteiger partial charge is 0.230 e. The largest absolute Gasteiger partial charge is 0.325 e. The first-order chi connectivity index (χ1) is 9.07. The molecule has 0 aromatic heterocycles. The van der Waals surface area contributed by atoms with Crippen LogP contribution in [0.3, 0.4) is 0 Å². The van der Waals surface area contributed by atoms with Gasteiger partial charge >= 0.3 is 0 Å². The molecule has 0 atom stereocenters. The normalized spacial score (nSPS) is 18.1. The van der Waals surface area contributed by atoms with Crippen LogP contribution in [0.1, 0.15) is 26.2 Å². The summed E-state index contributed by atoms with van der Waals surface area (Å²) in [6.45, 7) is 3.88. The molecule has 1 aromatic rings. The lowest BCUT2D eigenvalue weighted by Crippen LogP contribution is -2.44. The monoisotopic (exact) mass is 344 g/mol. The number of amides is 1. The summed E-state index contributed by atoms with van der Waals surface area (Å²) in [5, 5.41) is 6.94. The van der Waals surface area contributed by atoms with Gasteiger partial charge in [-0.3, -0.25) is 4.79 Å². The molecule has 0 aliphatic carbocycles. The van der Waals surface area contributed by atoms with E-state index in [0.29, 0.717) is 5.02 Å². The quantitative estimate of drug-likeness (QED) is 0.874. The molecule has 2 rings (SSSR count). The van der Waals surface area contributed by atoms with Crippen molar-refractivity contribution in [3.63, 3.8) is 0 Å². The number of nitrogens with one attached hydrogen (secondary N) is 2. The van der Waals surface area contributed by atoms with E-state index >= 15 is 0 Å². The van der Waals surface area contributed by atoms with Crippen LogP contribution in [0.2, 0.25) is 5.02 Å². The minimum atomic E-state index is -0.257. The minimum Gasteiger partial charge on any atom is -0.325 e. The second-order valence-electron chi connectivity index (χ2n) is 4.96. The third-order valence-electron chi connectivity index (χ3n) is 3.90. The fraction of sp³-hybridized carbons (Fsp3) is 0.500. The van der Waals surface area contributed by atoms with Gasteiger partial charge in [0.1, 0.15) is 0 Å². The Morgan fingerprint density at radius 2 is 2.16 bits per heavy atom. The predicted octanol–water partition coefficient (Wildman–Crippen LogP) is 3.82. The number of carbonyl (C=O) groups is 1. The van der Waals surface area contributed by atoms with Crippen LogP contribution in [0.4, 0.5) is 5.69 Å². The summed E-state index contributed by atoms with van der Waals surface area (Å²) in [6, 6.07) is 5.41. The number of piperidine rings is 1. The molecule has 104 valence electrons. The number of halogens is 2. The second-order valence-corrected chi connectivity index (χ2v) is 6.25. The van der Waals surface area contributed by atoms with Crippen molar-refractivity contribution >= 4 is 39.1 Å². The standard InChI is InChI=1S/C14H18BrClN2O/c1-2-14(5-7-17-8-6-14)13(19)18-12-9-10(16)3-4-11(12)15/h3-4,9,17H,2,5-8H2,1H3,(H,18,19). The molecule has 0 radical (unpaired) electrons. The zero-order valence-electron chi connectivity index (χ0n) is 10.9. The summed E-state index contributed by atoms with van der Waals surface area (Å²) in [5.41, 5.74) is 0.483. The molecule has 1 aliphatic rings. The lowest BCUT2D eigenvalue weighted by atomic mass is 9.76. The SMILES string of the molecule is CCC1(C(=O)Nc2cc(Cl)ccc2Br)CCNCC1. The van der Waals surface area contributed by atoms with Crippen LogP contribution in [-0.2, 0) is 4.79 Å². The van der Waals surface area contributed by atoms with E-state index < -0.39 is 0 Å². The number of carbonyl (C=O) groups excluding carboxylic acids is 1. The Morgan fingerprint density at radius 3 is 2.79 bits per heavy atom. The van der Waals surface area contributed by atoms with Gasteiger partial charge in [-0.25, -0.2) is 0 Å². The summed E-state index contributed by atoms with van der Waals surface area (Å²) in [6.07, 6.45) is 2.62. The van der Waals surface area contributed by atoms with E-state index in [1.165, 1.54) is 0 Å². The summed E-state index contributed by atoms with van der Waals surface area (Å²) < 4.78 is 0.852. The fourth-order valence-electron chi connectivity index (χ4n) is 2.49. The van der Waals surface area contributed by atoms with Crippen LogP contribution in [0.15, 0.2) is 22.7 Å². The highest BCUT2D eigenvalue weighted by Crippen LogP contribution is 2.35. The molecule has 1 amide bonds. The first-order valence-electron chi connectivity index (χ1n) is 6.54. The second kappa shape index (κ2) is 6.25. The van der Waals surface area contributed by atoms with Crippen LogP contribution in [-0.4, -0.2) is 19.0 Å². The first kappa shape index (κ1) is 14.8. The van der Waals surface area contributed by atoms with E-state index in [2.05, 4.69) is 33.5 Å². The highest BCUT2D eigenvalue weighted by atomic mass is 79.9. The van der Waals surface area contributed by atoms with Crippen molar-refractivity contribution in [2.75, 3.05) is 18.4 Å². The Morgan fingerprint density at radius 1 is 1.47 bits per heavy atom. The molecule has 0 bridgehead atoms. The maximum absolute atomic E-state index is 12.6. The van der Waals surface area contributed by atoms with E-state index in [0.717, 1.165) is 42.5 Å². The van der Waals surface area contributed by atoms with Gasteiger partial charge in [0.05, 0.1) is 11.1 Å². The van der Waals surface area contributed by atoms with Crippen LogP contribution in [0.25, 0.3) is 0 Å². The van der Waals surface area contributed by atoms with Crippen molar-refractivity contribution in [2.24, 2.45) is 5.41 Å². The Balaban J connectivity index is 2.17. The van der Waals surface area contributed by atoms with Gasteiger partial charge in [-0.05, 0) is 66.5 Å². The number of rotatable bonds is 3. The molecule has 1 aliphatic heterocycles. The van der Waals surface area contributed by atoms with E-state index in [4.69, 9.17) is 11.6 Å². The molecule has 0 saturated carbocycles. The first-order valence-corrected chi connectivity index (χ1v) is 7.72. The number of anilines is 1. The van der Waals surface area contributed by atoms with Gasteiger partial charge in [0.2, 0.25) is 5.91 Å². The van der Waals surface area contributed by atoms with Crippen LogP contribution < -0.4 is 10.6 Å². The molecule has 1 heterocycles. The molecule has 1 saturated heterocycles. The minimum absolute atomic E-state index is 0.0967. The summed E-state index contributed by atoms with van der Waals surface area (Å²) in [5.74, 6) is 0.0967. The van der Waals surface area contributed by atoms with Gasteiger partial charge in [0, 0.05) is 9.50 Å². The Kier molecular flexibility index (Phi) is 4.87. The lowest BCUT2D eigenvalue weighted by Gasteiger charge is -2.35. The van der Waals surface area contributed by atoms with E-state index in [9.17, 15) is 4.79 Å². The molecule has 3 nitrogen and oxygen atoms in total. The molecule has 2 N–H and O–H groups in total. The predicted molar refractivity (Wildman–Crippen MR) is 82.6 cm³/mol. The van der Waals surface area contributed by atoms with Gasteiger partial charge in [0.15, 0.2) is 0 Å². The Hall–Kier alpha value is -0.580. The molecule has 1 aromatic carbocycles. The van der Waals surface area contributed by atoms with Crippen molar-refractivity contribution in [1.29, 1.82) is 0 Å². The van der Waals surface area contributed by atoms with Gasteiger partial charge in [-0.15, -0.1) is 0 Å². The summed E-state index contributed by atoms with van der Waals surface area (Å²) in [7, 11) is 0. The van der Waals surface area contributed by atoms with Crippen molar-refractivity contribution in [2.45, 2.75) is 26.2 Å². The number of hydrogen-bond acceptors (Lipinski definition) is 2.